The Kier molecular flexibility index (Phi) is 5.95. The lowest BCUT2D eigenvalue weighted by molar-refractivity contribution is -0.0627. The zero-order valence-electron chi connectivity index (χ0n) is 16.2. The van der Waals surface area contributed by atoms with Crippen LogP contribution in [0.25, 0.3) is 0 Å². The Morgan fingerprint density at radius 1 is 1.24 bits per heavy atom. The van der Waals surface area contributed by atoms with Crippen molar-refractivity contribution in [2.24, 2.45) is 5.16 Å². The number of methoxy groups -OCH3 is 1. The smallest absolute Gasteiger partial charge is 0.337 e. The van der Waals surface area contributed by atoms with Crippen LogP contribution in [-0.4, -0.2) is 42.4 Å². The molecule has 1 spiro atoms. The number of oxime groups is 1. The number of piperidine rings is 1. The molecule has 0 aromatic heterocycles. The second-order valence-electron chi connectivity index (χ2n) is 7.58. The molecule has 152 valence electrons. The number of likely N-dealkylation sites (tertiary alicyclic amines) is 1. The van der Waals surface area contributed by atoms with Crippen molar-refractivity contribution in [2.45, 2.75) is 31.4 Å². The van der Waals surface area contributed by atoms with Crippen LogP contribution in [0.2, 0.25) is 5.02 Å². The highest BCUT2D eigenvalue weighted by Crippen LogP contribution is 2.36. The molecule has 0 bridgehead atoms. The topological polar surface area (TPSA) is 51.1 Å². The maximum absolute atomic E-state index is 11.6. The molecule has 7 heteroatoms. The molecule has 2 aromatic carbocycles. The van der Waals surface area contributed by atoms with Gasteiger partial charge >= 0.3 is 5.97 Å². The van der Waals surface area contributed by atoms with Crippen LogP contribution in [0.3, 0.4) is 0 Å². The van der Waals surface area contributed by atoms with Gasteiger partial charge in [-0.15, -0.1) is 0 Å². The Bertz CT molecular complexity index is 938. The molecule has 0 aliphatic carbocycles. The second kappa shape index (κ2) is 8.46. The minimum Gasteiger partial charge on any atom is -0.465 e. The Morgan fingerprint density at radius 2 is 1.97 bits per heavy atom. The van der Waals surface area contributed by atoms with Gasteiger partial charge in [0, 0.05) is 43.4 Å². The van der Waals surface area contributed by atoms with Gasteiger partial charge in [0.2, 0.25) is 0 Å². The highest BCUT2D eigenvalue weighted by atomic mass is 79.9. The van der Waals surface area contributed by atoms with E-state index in [-0.39, 0.29) is 11.6 Å². The molecule has 29 heavy (non-hydrogen) atoms. The van der Waals surface area contributed by atoms with Crippen LogP contribution in [0.1, 0.15) is 40.7 Å². The molecule has 0 unspecified atom stereocenters. The fourth-order valence-electron chi connectivity index (χ4n) is 3.88. The summed E-state index contributed by atoms with van der Waals surface area (Å²) in [4.78, 5) is 20.0. The number of nitrogens with zero attached hydrogens (tertiary/aromatic N) is 2. The van der Waals surface area contributed by atoms with Crippen LogP contribution < -0.4 is 0 Å². The first kappa shape index (κ1) is 20.4. The first-order valence-corrected chi connectivity index (χ1v) is 10.8. The third-order valence-corrected chi connectivity index (χ3v) is 6.85. The second-order valence-corrected chi connectivity index (χ2v) is 8.84. The number of halogens is 2. The van der Waals surface area contributed by atoms with E-state index in [0.29, 0.717) is 5.56 Å². The largest absolute Gasteiger partial charge is 0.465 e. The first-order chi connectivity index (χ1) is 14.0. The van der Waals surface area contributed by atoms with Gasteiger partial charge in [0.1, 0.15) is 5.60 Å². The molecule has 0 saturated carbocycles. The van der Waals surface area contributed by atoms with Crippen molar-refractivity contribution < 1.29 is 14.4 Å². The van der Waals surface area contributed by atoms with Crippen molar-refractivity contribution in [1.82, 2.24) is 4.90 Å². The van der Waals surface area contributed by atoms with Gasteiger partial charge in [-0.05, 0) is 51.3 Å². The molecule has 2 aromatic rings. The van der Waals surface area contributed by atoms with Crippen molar-refractivity contribution in [1.29, 1.82) is 0 Å². The molecule has 1 saturated heterocycles. The lowest BCUT2D eigenvalue weighted by atomic mass is 9.85. The molecule has 2 heterocycles. The molecular weight excluding hydrogens is 456 g/mol. The summed E-state index contributed by atoms with van der Waals surface area (Å²) < 4.78 is 5.68. The summed E-state index contributed by atoms with van der Waals surface area (Å²) in [6.07, 6.45) is 2.68. The van der Waals surface area contributed by atoms with Crippen molar-refractivity contribution in [3.63, 3.8) is 0 Å². The summed E-state index contributed by atoms with van der Waals surface area (Å²) in [6, 6.07) is 13.4. The number of hydrogen-bond acceptors (Lipinski definition) is 5. The van der Waals surface area contributed by atoms with Crippen LogP contribution in [0.15, 0.2) is 52.1 Å². The van der Waals surface area contributed by atoms with E-state index in [2.05, 4.69) is 38.1 Å². The zero-order chi connectivity index (χ0) is 20.4. The normalized spacial score (nSPS) is 18.4. The van der Waals surface area contributed by atoms with E-state index < -0.39 is 0 Å². The predicted octanol–water partition coefficient (Wildman–Crippen LogP) is 5.05. The molecule has 2 aliphatic rings. The predicted molar refractivity (Wildman–Crippen MR) is 116 cm³/mol. The van der Waals surface area contributed by atoms with Gasteiger partial charge in [0.05, 0.1) is 23.4 Å². The fourth-order valence-corrected chi connectivity index (χ4v) is 4.42. The summed E-state index contributed by atoms with van der Waals surface area (Å²) >= 11 is 9.58. The van der Waals surface area contributed by atoms with E-state index in [9.17, 15) is 4.79 Å². The summed E-state index contributed by atoms with van der Waals surface area (Å²) in [5.74, 6) is -0.335. The summed E-state index contributed by atoms with van der Waals surface area (Å²) in [7, 11) is 1.38. The van der Waals surface area contributed by atoms with E-state index in [1.165, 1.54) is 12.7 Å². The van der Waals surface area contributed by atoms with Crippen LogP contribution in [0.4, 0.5) is 0 Å². The quantitative estimate of drug-likeness (QED) is 0.578. The summed E-state index contributed by atoms with van der Waals surface area (Å²) in [6.45, 7) is 2.82. The average molecular weight is 478 g/mol. The summed E-state index contributed by atoms with van der Waals surface area (Å²) in [5.41, 5.74) is 3.49. The summed E-state index contributed by atoms with van der Waals surface area (Å²) in [5, 5.41) is 5.10. The van der Waals surface area contributed by atoms with Crippen molar-refractivity contribution in [2.75, 3.05) is 20.2 Å². The molecule has 4 rings (SSSR count). The highest BCUT2D eigenvalue weighted by molar-refractivity contribution is 9.10. The molecular formula is C22H22BrClN2O3. The van der Waals surface area contributed by atoms with Crippen LogP contribution in [-0.2, 0) is 16.1 Å². The number of carbonyl (C=O) groups excluding carboxylic acids is 1. The van der Waals surface area contributed by atoms with Gasteiger partial charge in [-0.25, -0.2) is 4.79 Å². The lowest BCUT2D eigenvalue weighted by Gasteiger charge is -2.37. The number of esters is 1. The van der Waals surface area contributed by atoms with Gasteiger partial charge in [-0.1, -0.05) is 35.0 Å². The molecule has 0 atom stereocenters. The zero-order valence-corrected chi connectivity index (χ0v) is 18.5. The number of carbonyl (C=O) groups is 1. The maximum atomic E-state index is 11.6. The molecule has 0 amide bonds. The third-order valence-electron chi connectivity index (χ3n) is 5.64. The fraction of sp³-hybridized carbons (Fsp3) is 0.364. The number of ether oxygens (including phenoxy) is 1. The first-order valence-electron chi connectivity index (χ1n) is 9.58. The monoisotopic (exact) mass is 476 g/mol. The van der Waals surface area contributed by atoms with Crippen LogP contribution in [0, 0.1) is 0 Å². The van der Waals surface area contributed by atoms with Crippen molar-refractivity contribution in [3.05, 3.63) is 68.7 Å². The standard InChI is InChI=1S/C22H22BrClN2O3/c1-28-21(27)17-5-3-16(4-6-17)20-13-22(29-25-20)8-10-26(11-9-22)14-15-2-7-19(24)18(23)12-15/h2-7,12H,8-11,13-14H2,1H3. The van der Waals surface area contributed by atoms with Gasteiger partial charge in [0.25, 0.3) is 0 Å². The van der Waals surface area contributed by atoms with Gasteiger partial charge < -0.3 is 9.57 Å². The number of hydrogen-bond donors (Lipinski definition) is 0. The Labute approximate surface area is 183 Å². The Hall–Kier alpha value is -1.89. The van der Waals surface area contributed by atoms with E-state index in [0.717, 1.165) is 59.7 Å². The lowest BCUT2D eigenvalue weighted by Crippen LogP contribution is -2.44. The number of rotatable bonds is 4. The van der Waals surface area contributed by atoms with E-state index in [1.807, 2.05) is 18.2 Å². The van der Waals surface area contributed by atoms with Crippen molar-refractivity contribution in [3.8, 4) is 0 Å². The Morgan fingerprint density at radius 3 is 2.62 bits per heavy atom. The van der Waals surface area contributed by atoms with Crippen LogP contribution >= 0.6 is 27.5 Å². The molecule has 5 nitrogen and oxygen atoms in total. The van der Waals surface area contributed by atoms with Gasteiger partial charge in [-0.3, -0.25) is 4.90 Å². The van der Waals surface area contributed by atoms with E-state index in [4.69, 9.17) is 21.2 Å². The molecule has 0 radical (unpaired) electrons. The molecule has 1 fully saturated rings. The third kappa shape index (κ3) is 4.49. The number of benzene rings is 2. The minimum absolute atomic E-state index is 0.215. The Balaban J connectivity index is 1.34. The minimum atomic E-state index is -0.335. The van der Waals surface area contributed by atoms with E-state index >= 15 is 0 Å². The van der Waals surface area contributed by atoms with Gasteiger partial charge in [0.15, 0.2) is 0 Å². The van der Waals surface area contributed by atoms with Gasteiger partial charge in [-0.2, -0.15) is 0 Å². The molecule has 2 aliphatic heterocycles. The van der Waals surface area contributed by atoms with E-state index in [1.54, 1.807) is 12.1 Å². The highest BCUT2D eigenvalue weighted by Gasteiger charge is 2.42. The average Bonchev–Trinajstić information content (AvgIpc) is 3.16. The van der Waals surface area contributed by atoms with Crippen LogP contribution in [0.5, 0.6) is 0 Å². The SMILES string of the molecule is COC(=O)c1ccc(C2=NOC3(CCN(Cc4ccc(Cl)c(Br)c4)CC3)C2)cc1. The van der Waals surface area contributed by atoms with Crippen molar-refractivity contribution >= 4 is 39.2 Å². The maximum Gasteiger partial charge on any atom is 0.337 e. The molecule has 0 N–H and O–H groups in total.